The number of hydrogen-bond acceptors (Lipinski definition) is 2. The Balaban J connectivity index is 1.98. The Morgan fingerprint density at radius 3 is 2.65 bits per heavy atom. The molecule has 0 aliphatic carbocycles. The molecule has 0 spiro atoms. The summed E-state index contributed by atoms with van der Waals surface area (Å²) in [6.07, 6.45) is 1.93. The highest BCUT2D eigenvalue weighted by atomic mass is 19.1. The molecule has 118 valence electrons. The predicted octanol–water partition coefficient (Wildman–Crippen LogP) is 3.31. The SMILES string of the molecule is CCc1nc2ccc(F)cn2c1C(=O)N(C)Cc1ccccc1. The molecule has 4 nitrogen and oxygen atoms in total. The number of carbonyl (C=O) groups is 1. The van der Waals surface area contributed by atoms with Crippen LogP contribution < -0.4 is 0 Å². The number of hydrogen-bond donors (Lipinski definition) is 0. The average Bonchev–Trinajstić information content (AvgIpc) is 2.92. The minimum Gasteiger partial charge on any atom is -0.336 e. The van der Waals surface area contributed by atoms with E-state index in [1.807, 2.05) is 37.3 Å². The molecule has 23 heavy (non-hydrogen) atoms. The third kappa shape index (κ3) is 2.95. The number of benzene rings is 1. The lowest BCUT2D eigenvalue weighted by atomic mass is 10.2. The monoisotopic (exact) mass is 311 g/mol. The molecule has 2 aromatic heterocycles. The molecule has 0 bridgehead atoms. The molecule has 0 atom stereocenters. The second-order valence-electron chi connectivity index (χ2n) is 5.48. The smallest absolute Gasteiger partial charge is 0.272 e. The number of fused-ring (bicyclic) bond motifs is 1. The van der Waals surface area contributed by atoms with Gasteiger partial charge in [0.2, 0.25) is 0 Å². The van der Waals surface area contributed by atoms with Gasteiger partial charge >= 0.3 is 0 Å². The van der Waals surface area contributed by atoms with Crippen molar-refractivity contribution in [1.82, 2.24) is 14.3 Å². The van der Waals surface area contributed by atoms with Crippen LogP contribution in [0.15, 0.2) is 48.7 Å². The number of imidazole rings is 1. The number of pyridine rings is 1. The van der Waals surface area contributed by atoms with Crippen LogP contribution in [0.2, 0.25) is 0 Å². The van der Waals surface area contributed by atoms with E-state index in [4.69, 9.17) is 0 Å². The first-order valence-electron chi connectivity index (χ1n) is 7.56. The highest BCUT2D eigenvalue weighted by molar-refractivity contribution is 5.94. The predicted molar refractivity (Wildman–Crippen MR) is 86.8 cm³/mol. The Hall–Kier alpha value is -2.69. The summed E-state index contributed by atoms with van der Waals surface area (Å²) in [5, 5.41) is 0. The third-order valence-corrected chi connectivity index (χ3v) is 3.80. The van der Waals surface area contributed by atoms with Crippen molar-refractivity contribution < 1.29 is 9.18 Å². The molecule has 3 aromatic rings. The number of nitrogens with zero attached hydrogens (tertiary/aromatic N) is 3. The second-order valence-corrected chi connectivity index (χ2v) is 5.48. The van der Waals surface area contributed by atoms with Crippen LogP contribution >= 0.6 is 0 Å². The van der Waals surface area contributed by atoms with Crippen molar-refractivity contribution in [1.29, 1.82) is 0 Å². The minimum absolute atomic E-state index is 0.163. The quantitative estimate of drug-likeness (QED) is 0.741. The van der Waals surface area contributed by atoms with Gasteiger partial charge < -0.3 is 4.90 Å². The topological polar surface area (TPSA) is 37.6 Å². The Bertz CT molecular complexity index is 842. The number of carbonyl (C=O) groups excluding carboxylic acids is 1. The van der Waals surface area contributed by atoms with Gasteiger partial charge in [0.05, 0.1) is 5.69 Å². The first kappa shape index (κ1) is 15.2. The van der Waals surface area contributed by atoms with E-state index < -0.39 is 5.82 Å². The molecule has 0 fully saturated rings. The lowest BCUT2D eigenvalue weighted by molar-refractivity contribution is 0.0777. The molecule has 0 saturated heterocycles. The van der Waals surface area contributed by atoms with Crippen LogP contribution in [0.25, 0.3) is 5.65 Å². The molecular formula is C18H18FN3O. The summed E-state index contributed by atoms with van der Waals surface area (Å²) >= 11 is 0. The van der Waals surface area contributed by atoms with Crippen LogP contribution in [0.4, 0.5) is 4.39 Å². The van der Waals surface area contributed by atoms with Crippen LogP contribution in [-0.4, -0.2) is 27.2 Å². The van der Waals surface area contributed by atoms with Crippen LogP contribution in [0, 0.1) is 5.82 Å². The molecule has 1 amide bonds. The van der Waals surface area contributed by atoms with Crippen molar-refractivity contribution in [3.63, 3.8) is 0 Å². The van der Waals surface area contributed by atoms with E-state index in [9.17, 15) is 9.18 Å². The highest BCUT2D eigenvalue weighted by Gasteiger charge is 2.21. The fraction of sp³-hybridized carbons (Fsp3) is 0.222. The lowest BCUT2D eigenvalue weighted by Gasteiger charge is -2.17. The van der Waals surface area contributed by atoms with E-state index in [0.717, 1.165) is 5.56 Å². The fourth-order valence-corrected chi connectivity index (χ4v) is 2.65. The van der Waals surface area contributed by atoms with Crippen LogP contribution in [0.5, 0.6) is 0 Å². The molecule has 5 heteroatoms. The molecule has 0 unspecified atom stereocenters. The van der Waals surface area contributed by atoms with E-state index in [2.05, 4.69) is 4.98 Å². The molecule has 0 aliphatic heterocycles. The molecule has 3 rings (SSSR count). The van der Waals surface area contributed by atoms with E-state index in [1.54, 1.807) is 18.0 Å². The molecule has 2 heterocycles. The van der Waals surface area contributed by atoms with Crippen molar-refractivity contribution in [2.75, 3.05) is 7.05 Å². The van der Waals surface area contributed by atoms with Crippen molar-refractivity contribution in [3.8, 4) is 0 Å². The van der Waals surface area contributed by atoms with E-state index >= 15 is 0 Å². The van der Waals surface area contributed by atoms with Gasteiger partial charge in [-0.25, -0.2) is 9.37 Å². The summed E-state index contributed by atoms with van der Waals surface area (Å²) < 4.78 is 15.1. The van der Waals surface area contributed by atoms with Crippen molar-refractivity contribution in [3.05, 3.63) is 71.4 Å². The van der Waals surface area contributed by atoms with Gasteiger partial charge in [-0.1, -0.05) is 37.3 Å². The standard InChI is InChI=1S/C18H18FN3O/c1-3-15-17(22-12-14(19)9-10-16(22)20-15)18(23)21(2)11-13-7-5-4-6-8-13/h4-10,12H,3,11H2,1-2H3. The highest BCUT2D eigenvalue weighted by Crippen LogP contribution is 2.17. The molecule has 0 N–H and O–H groups in total. The first-order valence-corrected chi connectivity index (χ1v) is 7.56. The maximum absolute atomic E-state index is 13.6. The summed E-state index contributed by atoms with van der Waals surface area (Å²) in [4.78, 5) is 18.9. The lowest BCUT2D eigenvalue weighted by Crippen LogP contribution is -2.28. The van der Waals surface area contributed by atoms with Crippen molar-refractivity contribution in [2.24, 2.45) is 0 Å². The van der Waals surface area contributed by atoms with E-state index in [1.165, 1.54) is 16.7 Å². The molecule has 0 radical (unpaired) electrons. The number of rotatable bonds is 4. The van der Waals surface area contributed by atoms with Crippen LogP contribution in [0.1, 0.15) is 28.7 Å². The summed E-state index contributed by atoms with van der Waals surface area (Å²) in [5.41, 5.74) is 2.74. The van der Waals surface area contributed by atoms with Gasteiger partial charge in [0.25, 0.3) is 5.91 Å². The van der Waals surface area contributed by atoms with Gasteiger partial charge in [0, 0.05) is 19.8 Å². The second kappa shape index (κ2) is 6.20. The number of halogens is 1. The largest absolute Gasteiger partial charge is 0.336 e. The Kier molecular flexibility index (Phi) is 4.10. The van der Waals surface area contributed by atoms with Crippen LogP contribution in [0.3, 0.4) is 0 Å². The molecule has 0 saturated carbocycles. The third-order valence-electron chi connectivity index (χ3n) is 3.80. The number of amides is 1. The Morgan fingerprint density at radius 2 is 1.96 bits per heavy atom. The van der Waals surface area contributed by atoms with Gasteiger partial charge in [-0.3, -0.25) is 9.20 Å². The van der Waals surface area contributed by atoms with Crippen molar-refractivity contribution in [2.45, 2.75) is 19.9 Å². The van der Waals surface area contributed by atoms with E-state index in [0.29, 0.717) is 30.0 Å². The zero-order valence-electron chi connectivity index (χ0n) is 13.2. The summed E-state index contributed by atoms with van der Waals surface area (Å²) in [5.74, 6) is -0.555. The van der Waals surface area contributed by atoms with Gasteiger partial charge in [0.1, 0.15) is 17.2 Å². The molecule has 1 aromatic carbocycles. The minimum atomic E-state index is -0.391. The summed E-state index contributed by atoms with van der Waals surface area (Å²) in [6, 6.07) is 12.7. The molecular weight excluding hydrogens is 293 g/mol. The zero-order chi connectivity index (χ0) is 16.4. The summed E-state index contributed by atoms with van der Waals surface area (Å²) in [7, 11) is 1.74. The Morgan fingerprint density at radius 1 is 1.22 bits per heavy atom. The normalized spacial score (nSPS) is 10.9. The van der Waals surface area contributed by atoms with Gasteiger partial charge in [-0.05, 0) is 24.1 Å². The summed E-state index contributed by atoms with van der Waals surface area (Å²) in [6.45, 7) is 2.43. The van der Waals surface area contributed by atoms with Crippen LogP contribution in [-0.2, 0) is 13.0 Å². The number of aromatic nitrogens is 2. The fourth-order valence-electron chi connectivity index (χ4n) is 2.65. The van der Waals surface area contributed by atoms with Crippen molar-refractivity contribution >= 4 is 11.6 Å². The first-order chi connectivity index (χ1) is 11.1. The van der Waals surface area contributed by atoms with E-state index in [-0.39, 0.29) is 5.91 Å². The maximum atomic E-state index is 13.6. The Labute approximate surface area is 134 Å². The average molecular weight is 311 g/mol. The number of aryl methyl sites for hydroxylation is 1. The van der Waals surface area contributed by atoms with Gasteiger partial charge in [-0.15, -0.1) is 0 Å². The maximum Gasteiger partial charge on any atom is 0.272 e. The van der Waals surface area contributed by atoms with Gasteiger partial charge in [0.15, 0.2) is 0 Å². The molecule has 0 aliphatic rings. The zero-order valence-corrected chi connectivity index (χ0v) is 13.2. The van der Waals surface area contributed by atoms with Gasteiger partial charge in [-0.2, -0.15) is 0 Å².